The van der Waals surface area contributed by atoms with E-state index < -0.39 is 0 Å². The summed E-state index contributed by atoms with van der Waals surface area (Å²) in [5, 5.41) is 11.3. The molecule has 0 bridgehead atoms. The Labute approximate surface area is 129 Å². The molecule has 3 rings (SSSR count). The molecule has 0 aliphatic carbocycles. The molecule has 118 valence electrons. The maximum atomic E-state index is 12.3. The van der Waals surface area contributed by atoms with Crippen molar-refractivity contribution in [2.45, 2.75) is 33.1 Å². The average Bonchev–Trinajstić information content (AvgIpc) is 3.17. The summed E-state index contributed by atoms with van der Waals surface area (Å²) in [5.74, 6) is 1.31. The highest BCUT2D eigenvalue weighted by Gasteiger charge is 2.23. The number of amides is 1. The summed E-state index contributed by atoms with van der Waals surface area (Å²) in [7, 11) is 1.89. The van der Waals surface area contributed by atoms with E-state index in [-0.39, 0.29) is 12.3 Å². The topological polar surface area (TPSA) is 76.2 Å². The van der Waals surface area contributed by atoms with Crippen LogP contribution in [0, 0.1) is 13.8 Å². The van der Waals surface area contributed by atoms with Crippen LogP contribution in [0.25, 0.3) is 0 Å². The summed E-state index contributed by atoms with van der Waals surface area (Å²) in [6.07, 6.45) is 2.51. The first-order valence-electron chi connectivity index (χ1n) is 7.55. The van der Waals surface area contributed by atoms with Gasteiger partial charge >= 0.3 is 0 Å². The van der Waals surface area contributed by atoms with E-state index in [1.807, 2.05) is 25.6 Å². The maximum Gasteiger partial charge on any atom is 0.232 e. The number of carbonyl (C=O) groups excluding carboxylic acids is 1. The van der Waals surface area contributed by atoms with Gasteiger partial charge in [0.1, 0.15) is 11.4 Å². The van der Waals surface area contributed by atoms with Crippen molar-refractivity contribution in [1.82, 2.24) is 14.9 Å². The predicted molar refractivity (Wildman–Crippen MR) is 83.0 cm³/mol. The Balaban J connectivity index is 1.77. The minimum Gasteiger partial charge on any atom is -0.361 e. The van der Waals surface area contributed by atoms with Gasteiger partial charge in [-0.1, -0.05) is 5.16 Å². The second kappa shape index (κ2) is 5.82. The van der Waals surface area contributed by atoms with E-state index in [2.05, 4.69) is 20.5 Å². The van der Waals surface area contributed by atoms with Crippen molar-refractivity contribution < 1.29 is 9.32 Å². The zero-order valence-electron chi connectivity index (χ0n) is 13.2. The van der Waals surface area contributed by atoms with Crippen LogP contribution in [0.1, 0.15) is 30.0 Å². The van der Waals surface area contributed by atoms with Gasteiger partial charge in [-0.3, -0.25) is 9.48 Å². The molecule has 0 spiro atoms. The van der Waals surface area contributed by atoms with E-state index >= 15 is 0 Å². The smallest absolute Gasteiger partial charge is 0.232 e. The number of rotatable bonds is 4. The molecule has 1 saturated heterocycles. The van der Waals surface area contributed by atoms with Crippen molar-refractivity contribution in [3.05, 3.63) is 23.2 Å². The molecular formula is C15H21N5O2. The van der Waals surface area contributed by atoms with Crippen LogP contribution >= 0.6 is 0 Å². The average molecular weight is 303 g/mol. The predicted octanol–water partition coefficient (Wildman–Crippen LogP) is 1.81. The SMILES string of the molecule is Cc1cc(CC(=O)Nc2c(N3CCCC3)nn(C)c2C)on1. The molecule has 0 aromatic carbocycles. The molecule has 0 radical (unpaired) electrons. The van der Waals surface area contributed by atoms with Crippen molar-refractivity contribution in [3.63, 3.8) is 0 Å². The molecule has 2 aromatic rings. The van der Waals surface area contributed by atoms with E-state index in [9.17, 15) is 4.79 Å². The largest absolute Gasteiger partial charge is 0.361 e. The zero-order valence-corrected chi connectivity index (χ0v) is 13.2. The fourth-order valence-electron chi connectivity index (χ4n) is 2.73. The number of nitrogens with one attached hydrogen (secondary N) is 1. The van der Waals surface area contributed by atoms with Crippen LogP contribution in [0.2, 0.25) is 0 Å². The van der Waals surface area contributed by atoms with Crippen LogP contribution in [0.3, 0.4) is 0 Å². The van der Waals surface area contributed by atoms with E-state index in [1.54, 1.807) is 6.07 Å². The quantitative estimate of drug-likeness (QED) is 0.932. The molecule has 0 atom stereocenters. The Bertz CT molecular complexity index is 682. The van der Waals surface area contributed by atoms with Crippen molar-refractivity contribution >= 4 is 17.4 Å². The highest BCUT2D eigenvalue weighted by molar-refractivity contribution is 5.95. The number of nitrogens with zero attached hydrogens (tertiary/aromatic N) is 4. The number of hydrogen-bond acceptors (Lipinski definition) is 5. The van der Waals surface area contributed by atoms with Gasteiger partial charge in [0.25, 0.3) is 0 Å². The number of carbonyl (C=O) groups is 1. The lowest BCUT2D eigenvalue weighted by atomic mass is 10.2. The van der Waals surface area contributed by atoms with Crippen LogP contribution in [-0.4, -0.2) is 33.9 Å². The monoisotopic (exact) mass is 303 g/mol. The minimum absolute atomic E-state index is 0.118. The van der Waals surface area contributed by atoms with Gasteiger partial charge in [0.05, 0.1) is 17.8 Å². The third-order valence-corrected chi connectivity index (χ3v) is 4.00. The van der Waals surface area contributed by atoms with Crippen LogP contribution in [0.4, 0.5) is 11.5 Å². The van der Waals surface area contributed by atoms with Crippen LogP contribution in [0.5, 0.6) is 0 Å². The highest BCUT2D eigenvalue weighted by atomic mass is 16.5. The lowest BCUT2D eigenvalue weighted by Gasteiger charge is -2.16. The Morgan fingerprint density at radius 2 is 2.09 bits per heavy atom. The van der Waals surface area contributed by atoms with Crippen molar-refractivity contribution in [2.24, 2.45) is 7.05 Å². The fraction of sp³-hybridized carbons (Fsp3) is 0.533. The minimum atomic E-state index is -0.118. The molecule has 0 saturated carbocycles. The zero-order chi connectivity index (χ0) is 15.7. The molecule has 7 heteroatoms. The Morgan fingerprint density at radius 1 is 1.36 bits per heavy atom. The van der Waals surface area contributed by atoms with E-state index in [4.69, 9.17) is 4.52 Å². The lowest BCUT2D eigenvalue weighted by Crippen LogP contribution is -2.21. The number of aryl methyl sites for hydroxylation is 2. The summed E-state index contributed by atoms with van der Waals surface area (Å²) < 4.78 is 6.90. The Morgan fingerprint density at radius 3 is 2.73 bits per heavy atom. The van der Waals surface area contributed by atoms with E-state index in [0.29, 0.717) is 5.76 Å². The number of anilines is 2. The van der Waals surface area contributed by atoms with Gasteiger partial charge in [-0.05, 0) is 26.7 Å². The van der Waals surface area contributed by atoms with Gasteiger partial charge in [0, 0.05) is 26.2 Å². The molecule has 1 amide bonds. The second-order valence-electron chi connectivity index (χ2n) is 5.76. The number of aromatic nitrogens is 3. The fourth-order valence-corrected chi connectivity index (χ4v) is 2.73. The van der Waals surface area contributed by atoms with E-state index in [0.717, 1.165) is 36.0 Å². The Kier molecular flexibility index (Phi) is 3.87. The van der Waals surface area contributed by atoms with Gasteiger partial charge in [0.15, 0.2) is 5.82 Å². The third kappa shape index (κ3) is 2.84. The third-order valence-electron chi connectivity index (χ3n) is 4.00. The van der Waals surface area contributed by atoms with Gasteiger partial charge in [0.2, 0.25) is 5.91 Å². The molecule has 22 heavy (non-hydrogen) atoms. The summed E-state index contributed by atoms with van der Waals surface area (Å²) in [5.41, 5.74) is 2.52. The number of hydrogen-bond donors (Lipinski definition) is 1. The lowest BCUT2D eigenvalue weighted by molar-refractivity contribution is -0.115. The van der Waals surface area contributed by atoms with Crippen LogP contribution in [-0.2, 0) is 18.3 Å². The second-order valence-corrected chi connectivity index (χ2v) is 5.76. The Hall–Kier alpha value is -2.31. The van der Waals surface area contributed by atoms with Gasteiger partial charge in [-0.25, -0.2) is 0 Å². The molecule has 7 nitrogen and oxygen atoms in total. The normalized spacial score (nSPS) is 14.6. The highest BCUT2D eigenvalue weighted by Crippen LogP contribution is 2.30. The summed E-state index contributed by atoms with van der Waals surface area (Å²) in [6.45, 7) is 5.77. The molecule has 1 aliphatic heterocycles. The first-order valence-corrected chi connectivity index (χ1v) is 7.55. The van der Waals surface area contributed by atoms with Gasteiger partial charge < -0.3 is 14.7 Å². The molecular weight excluding hydrogens is 282 g/mol. The van der Waals surface area contributed by atoms with Crippen molar-refractivity contribution in [3.8, 4) is 0 Å². The summed E-state index contributed by atoms with van der Waals surface area (Å²) >= 11 is 0. The molecule has 0 unspecified atom stereocenters. The first kappa shape index (κ1) is 14.6. The summed E-state index contributed by atoms with van der Waals surface area (Å²) in [6, 6.07) is 1.77. The molecule has 1 N–H and O–H groups in total. The first-order chi connectivity index (χ1) is 10.5. The standard InChI is InChI=1S/C15H21N5O2/c1-10-8-12(22-18-10)9-13(21)16-14-11(2)19(3)17-15(14)20-6-4-5-7-20/h8H,4-7,9H2,1-3H3,(H,16,21). The molecule has 1 fully saturated rings. The van der Waals surface area contributed by atoms with Crippen molar-refractivity contribution in [1.29, 1.82) is 0 Å². The van der Waals surface area contributed by atoms with Gasteiger partial charge in [-0.2, -0.15) is 5.10 Å². The summed E-state index contributed by atoms with van der Waals surface area (Å²) in [4.78, 5) is 14.5. The maximum absolute atomic E-state index is 12.3. The van der Waals surface area contributed by atoms with E-state index in [1.165, 1.54) is 12.8 Å². The van der Waals surface area contributed by atoms with Gasteiger partial charge in [-0.15, -0.1) is 0 Å². The van der Waals surface area contributed by atoms with Crippen molar-refractivity contribution in [2.75, 3.05) is 23.3 Å². The molecule has 2 aromatic heterocycles. The van der Waals surface area contributed by atoms with Crippen LogP contribution in [0.15, 0.2) is 10.6 Å². The molecule has 1 aliphatic rings. The molecule has 3 heterocycles. The van der Waals surface area contributed by atoms with Crippen LogP contribution < -0.4 is 10.2 Å².